The Morgan fingerprint density at radius 1 is 1.24 bits per heavy atom. The standard InChI is InChI=1S/C10H8F4O3/c11-8-1-2-9(7(5-8)6-15)16-3-4-17-10(12,13)14/h1-2,5-6H,3-4H2. The maximum absolute atomic E-state index is 12.7. The third-order valence-corrected chi connectivity index (χ3v) is 1.71. The van der Waals surface area contributed by atoms with Crippen molar-refractivity contribution in [2.24, 2.45) is 0 Å². The molecule has 7 heteroatoms. The summed E-state index contributed by atoms with van der Waals surface area (Å²) in [5.41, 5.74) is -0.0722. The zero-order chi connectivity index (χ0) is 12.9. The van der Waals surface area contributed by atoms with Gasteiger partial charge in [-0.1, -0.05) is 0 Å². The molecule has 0 atom stereocenters. The predicted octanol–water partition coefficient (Wildman–Crippen LogP) is 2.55. The maximum atomic E-state index is 12.7. The van der Waals surface area contributed by atoms with Gasteiger partial charge >= 0.3 is 6.36 Å². The Kier molecular flexibility index (Phi) is 4.45. The Balaban J connectivity index is 2.49. The molecule has 17 heavy (non-hydrogen) atoms. The van der Waals surface area contributed by atoms with Gasteiger partial charge in [-0.05, 0) is 18.2 Å². The quantitative estimate of drug-likeness (QED) is 0.459. The number of carbonyl (C=O) groups is 1. The van der Waals surface area contributed by atoms with Crippen LogP contribution in [0.5, 0.6) is 5.75 Å². The first kappa shape index (κ1) is 13.4. The fraction of sp³-hybridized carbons (Fsp3) is 0.300. The van der Waals surface area contributed by atoms with Crippen LogP contribution < -0.4 is 4.74 Å². The van der Waals surface area contributed by atoms with Crippen LogP contribution >= 0.6 is 0 Å². The molecule has 94 valence electrons. The van der Waals surface area contributed by atoms with Gasteiger partial charge in [0, 0.05) is 0 Å². The summed E-state index contributed by atoms with van der Waals surface area (Å²) in [6, 6.07) is 3.12. The van der Waals surface area contributed by atoms with E-state index in [2.05, 4.69) is 4.74 Å². The molecular weight excluding hydrogens is 244 g/mol. The van der Waals surface area contributed by atoms with Crippen LogP contribution in [-0.2, 0) is 4.74 Å². The number of halogens is 4. The zero-order valence-electron chi connectivity index (χ0n) is 8.46. The van der Waals surface area contributed by atoms with E-state index in [1.54, 1.807) is 0 Å². The number of rotatable bonds is 5. The van der Waals surface area contributed by atoms with Crippen LogP contribution in [0.2, 0.25) is 0 Å². The van der Waals surface area contributed by atoms with Gasteiger partial charge in [0.2, 0.25) is 0 Å². The molecule has 0 bridgehead atoms. The highest BCUT2D eigenvalue weighted by atomic mass is 19.4. The van der Waals surface area contributed by atoms with E-state index < -0.39 is 25.4 Å². The highest BCUT2D eigenvalue weighted by molar-refractivity contribution is 5.79. The average Bonchev–Trinajstić information content (AvgIpc) is 2.24. The molecule has 0 radical (unpaired) electrons. The molecule has 0 heterocycles. The Labute approximate surface area is 93.9 Å². The molecule has 0 unspecified atom stereocenters. The Hall–Kier alpha value is -1.63. The summed E-state index contributed by atoms with van der Waals surface area (Å²) in [5.74, 6) is -0.627. The van der Waals surface area contributed by atoms with Gasteiger partial charge < -0.3 is 4.74 Å². The smallest absolute Gasteiger partial charge is 0.490 e. The lowest BCUT2D eigenvalue weighted by atomic mass is 10.2. The lowest BCUT2D eigenvalue weighted by molar-refractivity contribution is -0.325. The van der Waals surface area contributed by atoms with Crippen LogP contribution in [0.1, 0.15) is 10.4 Å². The van der Waals surface area contributed by atoms with E-state index in [1.807, 2.05) is 0 Å². The van der Waals surface area contributed by atoms with Gasteiger partial charge in [-0.15, -0.1) is 13.2 Å². The van der Waals surface area contributed by atoms with Crippen molar-refractivity contribution in [2.45, 2.75) is 6.36 Å². The van der Waals surface area contributed by atoms with Crippen LogP contribution in [0, 0.1) is 5.82 Å². The van der Waals surface area contributed by atoms with Crippen molar-refractivity contribution in [1.29, 1.82) is 0 Å². The van der Waals surface area contributed by atoms with Gasteiger partial charge in [-0.2, -0.15) is 0 Å². The van der Waals surface area contributed by atoms with Gasteiger partial charge in [0.15, 0.2) is 6.29 Å². The minimum absolute atomic E-state index is 0.00664. The van der Waals surface area contributed by atoms with Crippen molar-refractivity contribution in [1.82, 2.24) is 0 Å². The lowest BCUT2D eigenvalue weighted by Gasteiger charge is -2.10. The molecule has 0 N–H and O–H groups in total. The fourth-order valence-corrected chi connectivity index (χ4v) is 1.05. The second kappa shape index (κ2) is 5.62. The third-order valence-electron chi connectivity index (χ3n) is 1.71. The summed E-state index contributed by atoms with van der Waals surface area (Å²) in [5, 5.41) is 0. The zero-order valence-corrected chi connectivity index (χ0v) is 8.46. The van der Waals surface area contributed by atoms with Crippen LogP contribution in [0.15, 0.2) is 18.2 Å². The van der Waals surface area contributed by atoms with Crippen molar-refractivity contribution < 1.29 is 31.8 Å². The number of hydrogen-bond acceptors (Lipinski definition) is 3. The SMILES string of the molecule is O=Cc1cc(F)ccc1OCCOC(F)(F)F. The van der Waals surface area contributed by atoms with Gasteiger partial charge in [-0.3, -0.25) is 9.53 Å². The molecule has 0 aromatic heterocycles. The van der Waals surface area contributed by atoms with E-state index in [1.165, 1.54) is 0 Å². The van der Waals surface area contributed by atoms with Crippen LogP contribution in [-0.4, -0.2) is 25.9 Å². The fourth-order valence-electron chi connectivity index (χ4n) is 1.05. The summed E-state index contributed by atoms with van der Waals surface area (Å²) >= 11 is 0. The second-order valence-corrected chi connectivity index (χ2v) is 2.94. The monoisotopic (exact) mass is 252 g/mol. The lowest BCUT2D eigenvalue weighted by Crippen LogP contribution is -2.18. The number of alkyl halides is 3. The van der Waals surface area contributed by atoms with Crippen LogP contribution in [0.4, 0.5) is 17.6 Å². The largest absolute Gasteiger partial charge is 0.522 e. The van der Waals surface area contributed by atoms with Gasteiger partial charge in [0.1, 0.15) is 18.2 Å². The van der Waals surface area contributed by atoms with E-state index in [9.17, 15) is 22.4 Å². The summed E-state index contributed by atoms with van der Waals surface area (Å²) in [6.45, 7) is -1.11. The minimum atomic E-state index is -4.72. The van der Waals surface area contributed by atoms with Gasteiger partial charge in [0.25, 0.3) is 0 Å². The second-order valence-electron chi connectivity index (χ2n) is 2.94. The maximum Gasteiger partial charge on any atom is 0.522 e. The van der Waals surface area contributed by atoms with Gasteiger partial charge in [-0.25, -0.2) is 4.39 Å². The molecule has 0 fully saturated rings. The van der Waals surface area contributed by atoms with E-state index >= 15 is 0 Å². The molecular formula is C10H8F4O3. The highest BCUT2D eigenvalue weighted by Crippen LogP contribution is 2.19. The molecule has 0 saturated carbocycles. The summed E-state index contributed by atoms with van der Waals surface area (Å²) in [7, 11) is 0. The van der Waals surface area contributed by atoms with E-state index in [0.717, 1.165) is 18.2 Å². The summed E-state index contributed by atoms with van der Waals surface area (Å²) < 4.78 is 55.8. The van der Waals surface area contributed by atoms with Crippen molar-refractivity contribution in [3.63, 3.8) is 0 Å². The highest BCUT2D eigenvalue weighted by Gasteiger charge is 2.28. The molecule has 0 aliphatic heterocycles. The summed E-state index contributed by atoms with van der Waals surface area (Å²) in [6.07, 6.45) is -4.37. The van der Waals surface area contributed by atoms with E-state index in [0.29, 0.717) is 6.29 Å². The topological polar surface area (TPSA) is 35.5 Å². The first-order valence-electron chi connectivity index (χ1n) is 4.50. The van der Waals surface area contributed by atoms with Gasteiger partial charge in [0.05, 0.1) is 12.2 Å². The molecule has 0 amide bonds. The molecule has 1 aromatic carbocycles. The van der Waals surface area contributed by atoms with E-state index in [4.69, 9.17) is 4.74 Å². The molecule has 0 aliphatic rings. The summed E-state index contributed by atoms with van der Waals surface area (Å²) in [4.78, 5) is 10.5. The molecule has 0 aliphatic carbocycles. The number of hydrogen-bond donors (Lipinski definition) is 0. The van der Waals surface area contributed by atoms with Crippen molar-refractivity contribution in [3.8, 4) is 5.75 Å². The molecule has 1 aromatic rings. The van der Waals surface area contributed by atoms with Crippen LogP contribution in [0.25, 0.3) is 0 Å². The van der Waals surface area contributed by atoms with Crippen molar-refractivity contribution >= 4 is 6.29 Å². The molecule has 1 rings (SSSR count). The van der Waals surface area contributed by atoms with Crippen molar-refractivity contribution in [3.05, 3.63) is 29.6 Å². The first-order valence-corrected chi connectivity index (χ1v) is 4.50. The average molecular weight is 252 g/mol. The van der Waals surface area contributed by atoms with E-state index in [-0.39, 0.29) is 11.3 Å². The predicted molar refractivity (Wildman–Crippen MR) is 49.3 cm³/mol. The number of aldehydes is 1. The molecule has 3 nitrogen and oxygen atoms in total. The minimum Gasteiger partial charge on any atom is -0.490 e. The number of carbonyl (C=O) groups excluding carboxylic acids is 1. The Morgan fingerprint density at radius 3 is 2.53 bits per heavy atom. The first-order chi connectivity index (χ1) is 7.92. The Morgan fingerprint density at radius 2 is 1.94 bits per heavy atom. The van der Waals surface area contributed by atoms with Crippen LogP contribution in [0.3, 0.4) is 0 Å². The number of ether oxygens (including phenoxy) is 2. The molecule has 0 spiro atoms. The Bertz CT molecular complexity index is 390. The van der Waals surface area contributed by atoms with Crippen molar-refractivity contribution in [2.75, 3.05) is 13.2 Å². The number of benzene rings is 1. The normalized spacial score (nSPS) is 11.3. The molecule has 0 saturated heterocycles. The third kappa shape index (κ3) is 4.81.